The third-order valence-corrected chi connectivity index (χ3v) is 5.94. The fourth-order valence-electron chi connectivity index (χ4n) is 4.28. The average molecular weight is 399 g/mol. The second kappa shape index (κ2) is 7.82. The Labute approximate surface area is 176 Å². The maximum atomic E-state index is 5.40. The van der Waals surface area contributed by atoms with Gasteiger partial charge >= 0.3 is 0 Å². The van der Waals surface area contributed by atoms with Crippen LogP contribution in [0.15, 0.2) is 66.7 Å². The first-order valence-electron chi connectivity index (χ1n) is 10.6. The van der Waals surface area contributed by atoms with Crippen molar-refractivity contribution in [3.63, 3.8) is 0 Å². The molecule has 1 atom stereocenters. The van der Waals surface area contributed by atoms with Crippen LogP contribution in [0, 0.1) is 0 Å². The number of aromatic nitrogens is 3. The number of hydrogen-bond acceptors (Lipinski definition) is 4. The molecule has 1 fully saturated rings. The van der Waals surface area contributed by atoms with Crippen LogP contribution in [0.3, 0.4) is 0 Å². The maximum absolute atomic E-state index is 5.40. The number of methoxy groups -OCH3 is 1. The van der Waals surface area contributed by atoms with Crippen LogP contribution in [0.25, 0.3) is 28.2 Å². The van der Waals surface area contributed by atoms with Gasteiger partial charge in [0.25, 0.3) is 0 Å². The van der Waals surface area contributed by atoms with Gasteiger partial charge < -0.3 is 9.64 Å². The Hall–Kier alpha value is -3.34. The summed E-state index contributed by atoms with van der Waals surface area (Å²) in [7, 11) is 1.69. The number of anilines is 1. The fourth-order valence-corrected chi connectivity index (χ4v) is 4.28. The first kappa shape index (κ1) is 18.7. The van der Waals surface area contributed by atoms with Gasteiger partial charge in [-0.25, -0.2) is 4.98 Å². The van der Waals surface area contributed by atoms with Crippen molar-refractivity contribution in [1.29, 1.82) is 0 Å². The van der Waals surface area contributed by atoms with Gasteiger partial charge in [0.1, 0.15) is 11.6 Å². The maximum Gasteiger partial charge on any atom is 0.158 e. The van der Waals surface area contributed by atoms with Crippen LogP contribution >= 0.6 is 0 Å². The molecule has 2 aromatic heterocycles. The van der Waals surface area contributed by atoms with Gasteiger partial charge in [-0.2, -0.15) is 9.61 Å². The monoisotopic (exact) mass is 398 g/mol. The Morgan fingerprint density at radius 1 is 0.900 bits per heavy atom. The first-order valence-corrected chi connectivity index (χ1v) is 10.6. The van der Waals surface area contributed by atoms with E-state index < -0.39 is 0 Å². The van der Waals surface area contributed by atoms with Crippen LogP contribution in [-0.4, -0.2) is 34.3 Å². The van der Waals surface area contributed by atoms with Crippen LogP contribution in [0.1, 0.15) is 26.2 Å². The van der Waals surface area contributed by atoms with Crippen LogP contribution in [0.5, 0.6) is 5.75 Å². The summed E-state index contributed by atoms with van der Waals surface area (Å²) in [5.74, 6) is 1.94. The quantitative estimate of drug-likeness (QED) is 0.458. The van der Waals surface area contributed by atoms with Gasteiger partial charge in [0.05, 0.1) is 18.5 Å². The molecular weight excluding hydrogens is 372 g/mol. The molecule has 1 aliphatic rings. The number of piperidine rings is 1. The number of fused-ring (bicyclic) bond motifs is 1. The molecule has 5 heteroatoms. The zero-order valence-corrected chi connectivity index (χ0v) is 17.5. The van der Waals surface area contributed by atoms with E-state index in [2.05, 4.69) is 54.3 Å². The molecule has 30 heavy (non-hydrogen) atoms. The lowest BCUT2D eigenvalue weighted by Gasteiger charge is -2.35. The Kier molecular flexibility index (Phi) is 4.87. The number of rotatable bonds is 4. The summed E-state index contributed by atoms with van der Waals surface area (Å²) in [6.07, 6.45) is 3.69. The Morgan fingerprint density at radius 2 is 1.73 bits per heavy atom. The molecule has 3 heterocycles. The average Bonchev–Trinajstić information content (AvgIpc) is 3.24. The lowest BCUT2D eigenvalue weighted by molar-refractivity contribution is 0.415. The lowest BCUT2D eigenvalue weighted by atomic mass is 10.0. The molecule has 0 amide bonds. The van der Waals surface area contributed by atoms with E-state index in [0.717, 1.165) is 46.3 Å². The summed E-state index contributed by atoms with van der Waals surface area (Å²) < 4.78 is 7.40. The summed E-state index contributed by atoms with van der Waals surface area (Å²) in [6.45, 7) is 3.35. The highest BCUT2D eigenvalue weighted by atomic mass is 16.5. The normalized spacial score (nSPS) is 16.7. The largest absolute Gasteiger partial charge is 0.497 e. The van der Waals surface area contributed by atoms with Gasteiger partial charge in [-0.1, -0.05) is 42.5 Å². The third kappa shape index (κ3) is 3.41. The van der Waals surface area contributed by atoms with Crippen molar-refractivity contribution in [2.75, 3.05) is 18.6 Å². The predicted molar refractivity (Wildman–Crippen MR) is 121 cm³/mol. The molecule has 1 aliphatic heterocycles. The minimum atomic E-state index is 0.484. The van der Waals surface area contributed by atoms with E-state index in [4.69, 9.17) is 14.8 Å². The number of nitrogens with zero attached hydrogens (tertiary/aromatic N) is 4. The Bertz CT molecular complexity index is 1170. The van der Waals surface area contributed by atoms with Crippen LogP contribution in [-0.2, 0) is 0 Å². The summed E-state index contributed by atoms with van der Waals surface area (Å²) in [5, 5.41) is 4.96. The Morgan fingerprint density at radius 3 is 2.53 bits per heavy atom. The van der Waals surface area contributed by atoms with Gasteiger partial charge in [-0.05, 0) is 38.3 Å². The van der Waals surface area contributed by atoms with Crippen LogP contribution in [0.2, 0.25) is 0 Å². The SMILES string of the molecule is COc1cccc(-c2cc3nc(-c4ccccc4)cc(N4CCCCC4C)n3n2)c1. The van der Waals surface area contributed by atoms with Gasteiger partial charge in [-0.15, -0.1) is 0 Å². The molecule has 5 nitrogen and oxygen atoms in total. The van der Waals surface area contributed by atoms with Crippen LogP contribution < -0.4 is 9.64 Å². The highest BCUT2D eigenvalue weighted by molar-refractivity contribution is 5.71. The summed E-state index contributed by atoms with van der Waals surface area (Å²) >= 11 is 0. The van der Waals surface area contributed by atoms with Crippen molar-refractivity contribution in [1.82, 2.24) is 14.6 Å². The molecule has 0 aliphatic carbocycles. The topological polar surface area (TPSA) is 42.7 Å². The van der Waals surface area contributed by atoms with E-state index in [1.54, 1.807) is 7.11 Å². The summed E-state index contributed by atoms with van der Waals surface area (Å²) in [5.41, 5.74) is 4.89. The van der Waals surface area contributed by atoms with E-state index in [-0.39, 0.29) is 0 Å². The van der Waals surface area contributed by atoms with Gasteiger partial charge in [0, 0.05) is 35.8 Å². The molecule has 0 saturated carbocycles. The molecule has 152 valence electrons. The molecule has 5 rings (SSSR count). The summed E-state index contributed by atoms with van der Waals surface area (Å²) in [6, 6.07) is 23.1. The van der Waals surface area contributed by atoms with Gasteiger partial charge in [0.15, 0.2) is 5.65 Å². The zero-order chi connectivity index (χ0) is 20.5. The second-order valence-corrected chi connectivity index (χ2v) is 7.94. The molecule has 1 saturated heterocycles. The second-order valence-electron chi connectivity index (χ2n) is 7.94. The van der Waals surface area contributed by atoms with Crippen molar-refractivity contribution in [3.8, 4) is 28.3 Å². The van der Waals surface area contributed by atoms with Crippen molar-refractivity contribution < 1.29 is 4.74 Å². The smallest absolute Gasteiger partial charge is 0.158 e. The van der Waals surface area contributed by atoms with Gasteiger partial charge in [0.2, 0.25) is 0 Å². The van der Waals surface area contributed by atoms with Crippen molar-refractivity contribution in [2.24, 2.45) is 0 Å². The third-order valence-electron chi connectivity index (χ3n) is 5.94. The first-order chi connectivity index (χ1) is 14.7. The molecule has 1 unspecified atom stereocenters. The molecule has 0 radical (unpaired) electrons. The van der Waals surface area contributed by atoms with Crippen molar-refractivity contribution >= 4 is 11.5 Å². The highest BCUT2D eigenvalue weighted by Gasteiger charge is 2.23. The standard InChI is InChI=1S/C25H26N4O/c1-18-9-6-7-14-28(18)25-17-22(19-10-4-3-5-11-19)26-24-16-23(27-29(24)25)20-12-8-13-21(15-20)30-2/h3-5,8,10-13,15-18H,6-7,9,14H2,1-2H3. The van der Waals surface area contributed by atoms with Gasteiger partial charge in [-0.3, -0.25) is 0 Å². The molecule has 0 bridgehead atoms. The molecule has 0 N–H and O–H groups in total. The van der Waals surface area contributed by atoms with E-state index in [1.807, 2.05) is 28.8 Å². The van der Waals surface area contributed by atoms with Crippen LogP contribution in [0.4, 0.5) is 5.82 Å². The van der Waals surface area contributed by atoms with E-state index in [1.165, 1.54) is 19.3 Å². The predicted octanol–water partition coefficient (Wildman–Crippen LogP) is 5.45. The Balaban J connectivity index is 1.69. The molecule has 0 spiro atoms. The minimum Gasteiger partial charge on any atom is -0.497 e. The van der Waals surface area contributed by atoms with E-state index in [0.29, 0.717) is 6.04 Å². The zero-order valence-electron chi connectivity index (χ0n) is 17.5. The van der Waals surface area contributed by atoms with E-state index in [9.17, 15) is 0 Å². The fraction of sp³-hybridized carbons (Fsp3) is 0.280. The minimum absolute atomic E-state index is 0.484. The molecule has 2 aromatic carbocycles. The van der Waals surface area contributed by atoms with Crippen molar-refractivity contribution in [3.05, 3.63) is 66.7 Å². The van der Waals surface area contributed by atoms with Crippen molar-refractivity contribution in [2.45, 2.75) is 32.2 Å². The molecule has 4 aromatic rings. The number of hydrogen-bond donors (Lipinski definition) is 0. The number of benzene rings is 2. The highest BCUT2D eigenvalue weighted by Crippen LogP contribution is 2.31. The summed E-state index contributed by atoms with van der Waals surface area (Å²) in [4.78, 5) is 7.44. The lowest BCUT2D eigenvalue weighted by Crippen LogP contribution is -2.38. The van der Waals surface area contributed by atoms with E-state index >= 15 is 0 Å². The number of ether oxygens (including phenoxy) is 1. The molecular formula is C25H26N4O.